The normalized spacial score (nSPS) is 14.7. The van der Waals surface area contributed by atoms with E-state index in [9.17, 15) is 9.59 Å². The highest BCUT2D eigenvalue weighted by Crippen LogP contribution is 2.33. The van der Waals surface area contributed by atoms with Crippen molar-refractivity contribution in [2.75, 3.05) is 43.7 Å². The Bertz CT molecular complexity index is 1570. The third kappa shape index (κ3) is 5.09. The Labute approximate surface area is 228 Å². The van der Waals surface area contributed by atoms with Crippen LogP contribution in [0.5, 0.6) is 11.5 Å². The van der Waals surface area contributed by atoms with E-state index in [0.717, 1.165) is 24.3 Å². The van der Waals surface area contributed by atoms with Crippen LogP contribution in [0.2, 0.25) is 5.02 Å². The van der Waals surface area contributed by atoms with Crippen molar-refractivity contribution in [2.45, 2.75) is 11.7 Å². The van der Waals surface area contributed by atoms with Gasteiger partial charge < -0.3 is 19.1 Å². The molecule has 4 aromatic rings. The Morgan fingerprint density at radius 3 is 2.58 bits per heavy atom. The molecule has 0 amide bonds. The Kier molecular flexibility index (Phi) is 6.97. The number of anilines is 1. The molecule has 1 aromatic heterocycles. The van der Waals surface area contributed by atoms with Gasteiger partial charge in [0.15, 0.2) is 22.4 Å². The molecule has 0 radical (unpaired) electrons. The predicted octanol–water partition coefficient (Wildman–Crippen LogP) is 4.64. The number of ether oxygens (including phenoxy) is 3. The summed E-state index contributed by atoms with van der Waals surface area (Å²) in [5.41, 5.74) is 2.82. The van der Waals surface area contributed by atoms with Gasteiger partial charge in [-0.05, 0) is 60.2 Å². The molecule has 2 aliphatic heterocycles. The van der Waals surface area contributed by atoms with Crippen LogP contribution in [0.4, 0.5) is 5.69 Å². The number of fused-ring (bicyclic) bond motifs is 2. The number of hydrogen-bond acceptors (Lipinski definition) is 8. The predicted molar refractivity (Wildman–Crippen MR) is 147 cm³/mol. The Balaban J connectivity index is 1.36. The summed E-state index contributed by atoms with van der Waals surface area (Å²) in [5, 5.41) is 1.57. The monoisotopic (exact) mass is 549 g/mol. The quantitative estimate of drug-likeness (QED) is 0.187. The maximum Gasteiger partial charge on any atom is 0.262 e. The molecule has 2 aliphatic rings. The van der Waals surface area contributed by atoms with Crippen molar-refractivity contribution >= 4 is 45.7 Å². The lowest BCUT2D eigenvalue weighted by Gasteiger charge is -2.29. The van der Waals surface area contributed by atoms with E-state index in [1.165, 1.54) is 11.8 Å². The fraction of sp³-hybridized carbons (Fsp3) is 0.250. The molecule has 8 nitrogen and oxygen atoms in total. The maximum absolute atomic E-state index is 13.9. The van der Waals surface area contributed by atoms with Crippen LogP contribution in [0, 0.1) is 0 Å². The summed E-state index contributed by atoms with van der Waals surface area (Å²) in [6.45, 7) is 3.30. The minimum absolute atomic E-state index is 0.0710. The van der Waals surface area contributed by atoms with Crippen molar-refractivity contribution in [3.05, 3.63) is 87.2 Å². The molecule has 0 saturated carbocycles. The second kappa shape index (κ2) is 10.7. The Morgan fingerprint density at radius 1 is 0.974 bits per heavy atom. The Hall–Kier alpha value is -3.53. The number of hydrogen-bond donors (Lipinski definition) is 0. The molecule has 3 heterocycles. The van der Waals surface area contributed by atoms with Crippen molar-refractivity contribution in [3.63, 3.8) is 0 Å². The largest absolute Gasteiger partial charge is 0.454 e. The van der Waals surface area contributed by atoms with Gasteiger partial charge in [0.2, 0.25) is 6.79 Å². The molecule has 1 saturated heterocycles. The van der Waals surface area contributed by atoms with Gasteiger partial charge in [-0.25, -0.2) is 4.98 Å². The van der Waals surface area contributed by atoms with Gasteiger partial charge in [-0.15, -0.1) is 0 Å². The number of thioether (sulfide) groups is 1. The number of aromatic nitrogens is 2. The van der Waals surface area contributed by atoms with Gasteiger partial charge in [0.1, 0.15) is 0 Å². The highest BCUT2D eigenvalue weighted by Gasteiger charge is 2.19. The van der Waals surface area contributed by atoms with Crippen LogP contribution in [0.15, 0.2) is 70.6 Å². The molecule has 6 rings (SSSR count). The molecule has 38 heavy (non-hydrogen) atoms. The number of rotatable bonds is 7. The van der Waals surface area contributed by atoms with Crippen LogP contribution in [0.25, 0.3) is 10.9 Å². The molecular weight excluding hydrogens is 526 g/mol. The van der Waals surface area contributed by atoms with E-state index in [1.54, 1.807) is 28.8 Å². The molecule has 3 aromatic carbocycles. The number of halogens is 1. The maximum atomic E-state index is 13.9. The van der Waals surface area contributed by atoms with E-state index in [0.29, 0.717) is 51.4 Å². The number of carbonyl (C=O) groups is 1. The lowest BCUT2D eigenvalue weighted by molar-refractivity contribution is 0.102. The summed E-state index contributed by atoms with van der Waals surface area (Å²) in [4.78, 5) is 33.8. The molecule has 0 aliphatic carbocycles. The zero-order valence-electron chi connectivity index (χ0n) is 20.4. The van der Waals surface area contributed by atoms with Crippen LogP contribution in [-0.2, 0) is 11.3 Å². The van der Waals surface area contributed by atoms with Crippen LogP contribution < -0.4 is 19.9 Å². The first-order valence-corrected chi connectivity index (χ1v) is 13.6. The lowest BCUT2D eigenvalue weighted by atomic mass is 10.1. The summed E-state index contributed by atoms with van der Waals surface area (Å²) in [6.07, 6.45) is 0. The van der Waals surface area contributed by atoms with Gasteiger partial charge in [0.05, 0.1) is 36.4 Å². The highest BCUT2D eigenvalue weighted by atomic mass is 35.5. The standard InChI is InChI=1S/C28H24ClN3O5S/c29-20-4-2-19(3-5-20)24(33)16-38-28-30-23-7-6-21(31-9-11-35-12-10-31)14-22(23)27(34)32(28)15-18-1-8-25-26(13-18)37-17-36-25/h1-8,13-14H,9-12,15-17H2. The Morgan fingerprint density at radius 2 is 1.76 bits per heavy atom. The fourth-order valence-corrected chi connectivity index (χ4v) is 5.55. The topological polar surface area (TPSA) is 82.9 Å². The number of nitrogens with zero attached hydrogens (tertiary/aromatic N) is 3. The third-order valence-corrected chi connectivity index (χ3v) is 7.78. The van der Waals surface area contributed by atoms with Gasteiger partial charge in [0.25, 0.3) is 5.56 Å². The van der Waals surface area contributed by atoms with Crippen LogP contribution in [0.1, 0.15) is 15.9 Å². The van der Waals surface area contributed by atoms with Crippen molar-refractivity contribution < 1.29 is 19.0 Å². The van der Waals surface area contributed by atoms with E-state index >= 15 is 0 Å². The second-order valence-electron chi connectivity index (χ2n) is 8.99. The number of Topliss-reactive ketones (excluding diaryl/α,β-unsaturated/α-hetero) is 1. The number of ketones is 1. The molecule has 1 fully saturated rings. The lowest BCUT2D eigenvalue weighted by Crippen LogP contribution is -2.36. The number of benzene rings is 3. The zero-order chi connectivity index (χ0) is 26.1. The minimum atomic E-state index is -0.163. The smallest absolute Gasteiger partial charge is 0.262 e. The van der Waals surface area contributed by atoms with Gasteiger partial charge >= 0.3 is 0 Å². The molecule has 0 unspecified atom stereocenters. The second-order valence-corrected chi connectivity index (χ2v) is 10.4. The van der Waals surface area contributed by atoms with Crippen molar-refractivity contribution in [3.8, 4) is 11.5 Å². The van der Waals surface area contributed by atoms with E-state index < -0.39 is 0 Å². The van der Waals surface area contributed by atoms with Gasteiger partial charge in [-0.2, -0.15) is 0 Å². The molecule has 0 spiro atoms. The van der Waals surface area contributed by atoms with Crippen LogP contribution in [-0.4, -0.2) is 54.2 Å². The molecular formula is C28H24ClN3O5S. The summed E-state index contributed by atoms with van der Waals surface area (Å²) in [6, 6.07) is 18.2. The molecule has 0 N–H and O–H groups in total. The zero-order valence-corrected chi connectivity index (χ0v) is 22.0. The van der Waals surface area contributed by atoms with Gasteiger partial charge in [-0.1, -0.05) is 29.4 Å². The average molecular weight is 550 g/mol. The molecule has 0 atom stereocenters. The van der Waals surface area contributed by atoms with Crippen molar-refractivity contribution in [2.24, 2.45) is 0 Å². The van der Waals surface area contributed by atoms with Crippen LogP contribution in [0.3, 0.4) is 0 Å². The fourth-order valence-electron chi connectivity index (χ4n) is 4.53. The molecule has 194 valence electrons. The highest BCUT2D eigenvalue weighted by molar-refractivity contribution is 7.99. The SMILES string of the molecule is O=C(CSc1nc2ccc(N3CCOCC3)cc2c(=O)n1Cc1ccc2c(c1)OCO2)c1ccc(Cl)cc1. The van der Waals surface area contributed by atoms with Crippen molar-refractivity contribution in [1.29, 1.82) is 0 Å². The summed E-state index contributed by atoms with van der Waals surface area (Å²) in [7, 11) is 0. The van der Waals surface area contributed by atoms with E-state index in [4.69, 9.17) is 30.8 Å². The van der Waals surface area contributed by atoms with Crippen molar-refractivity contribution in [1.82, 2.24) is 9.55 Å². The third-order valence-electron chi connectivity index (χ3n) is 6.56. The van der Waals surface area contributed by atoms with Gasteiger partial charge in [0, 0.05) is 29.4 Å². The number of carbonyl (C=O) groups excluding carboxylic acids is 1. The van der Waals surface area contributed by atoms with Crippen LogP contribution >= 0.6 is 23.4 Å². The first-order chi connectivity index (χ1) is 18.5. The minimum Gasteiger partial charge on any atom is -0.454 e. The molecule has 10 heteroatoms. The first-order valence-electron chi connectivity index (χ1n) is 12.2. The van der Waals surface area contributed by atoms with E-state index in [2.05, 4.69) is 4.90 Å². The first kappa shape index (κ1) is 24.8. The van der Waals surface area contributed by atoms with Gasteiger partial charge in [-0.3, -0.25) is 14.2 Å². The average Bonchev–Trinajstić information content (AvgIpc) is 3.42. The summed E-state index contributed by atoms with van der Waals surface area (Å²) in [5.74, 6) is 1.38. The van der Waals surface area contributed by atoms with E-state index in [1.807, 2.05) is 36.4 Å². The summed E-state index contributed by atoms with van der Waals surface area (Å²) < 4.78 is 18.1. The van der Waals surface area contributed by atoms with E-state index in [-0.39, 0.29) is 30.4 Å². The summed E-state index contributed by atoms with van der Waals surface area (Å²) >= 11 is 7.21. The molecule has 0 bridgehead atoms. The number of morpholine rings is 1.